The van der Waals surface area contributed by atoms with Crippen molar-refractivity contribution in [1.29, 1.82) is 0 Å². The molecule has 4 rings (SSSR count). The van der Waals surface area contributed by atoms with E-state index in [-0.39, 0.29) is 5.41 Å². The zero-order valence-electron chi connectivity index (χ0n) is 21.4. The van der Waals surface area contributed by atoms with Gasteiger partial charge in [0.2, 0.25) is 5.52 Å². The number of fused-ring (bicyclic) bond motifs is 1. The Kier molecular flexibility index (Phi) is 9.11. The van der Waals surface area contributed by atoms with Crippen molar-refractivity contribution < 1.29 is 33.4 Å². The minimum absolute atomic E-state index is 0.267. The summed E-state index contributed by atoms with van der Waals surface area (Å²) in [5.41, 5.74) is 6.91. The van der Waals surface area contributed by atoms with Crippen LogP contribution in [0.15, 0.2) is 71.8 Å². The van der Waals surface area contributed by atoms with Crippen LogP contribution in [0, 0.1) is 15.7 Å². The van der Waals surface area contributed by atoms with Gasteiger partial charge in [0.1, 0.15) is 11.2 Å². The van der Waals surface area contributed by atoms with Crippen LogP contribution in [0.25, 0.3) is 22.4 Å². The third-order valence-electron chi connectivity index (χ3n) is 5.90. The van der Waals surface area contributed by atoms with Crippen LogP contribution < -0.4 is 28.1 Å². The molecule has 192 valence electrons. The monoisotopic (exact) mass is 528 g/mol. The van der Waals surface area contributed by atoms with Gasteiger partial charge < -0.3 is 4.90 Å². The molecule has 0 spiro atoms. The summed E-state index contributed by atoms with van der Waals surface area (Å²) < 4.78 is 37.8. The van der Waals surface area contributed by atoms with Crippen LogP contribution in [0.1, 0.15) is 44.2 Å². The van der Waals surface area contributed by atoms with E-state index in [1.807, 2.05) is 11.3 Å². The van der Waals surface area contributed by atoms with Crippen LogP contribution in [-0.4, -0.2) is 14.1 Å². The first-order chi connectivity index (χ1) is 16.8. The van der Waals surface area contributed by atoms with Crippen molar-refractivity contribution in [3.05, 3.63) is 82.4 Å². The van der Waals surface area contributed by atoms with E-state index in [2.05, 4.69) is 117 Å². The second-order valence-corrected chi connectivity index (χ2v) is 11.6. The Hall–Kier alpha value is -2.52. The number of anilines is 1. The first kappa shape index (κ1) is 28.1. The molecule has 1 aliphatic rings. The highest BCUT2D eigenvalue weighted by Gasteiger charge is 2.26. The van der Waals surface area contributed by atoms with E-state index in [0.29, 0.717) is 0 Å². The molecular weight excluding hydrogens is 496 g/mol. The number of nitrogens with zero attached hydrogens (tertiary/aromatic N) is 2. The van der Waals surface area contributed by atoms with Crippen molar-refractivity contribution in [1.82, 2.24) is 0 Å². The normalized spacial score (nSPS) is 16.7. The van der Waals surface area contributed by atoms with Crippen molar-refractivity contribution in [2.75, 3.05) is 19.0 Å². The summed E-state index contributed by atoms with van der Waals surface area (Å²) in [7, 11) is -0.793. The third-order valence-corrected chi connectivity index (χ3v) is 7.01. The number of aromatic nitrogens is 1. The van der Waals surface area contributed by atoms with Gasteiger partial charge in [-0.1, -0.05) is 67.7 Å². The summed E-state index contributed by atoms with van der Waals surface area (Å²) in [5, 5.41) is 1.34. The highest BCUT2D eigenvalue weighted by atomic mass is 35.7. The molecule has 8 heteroatoms. The van der Waals surface area contributed by atoms with Gasteiger partial charge in [0.05, 0.1) is 0 Å². The number of para-hydroxylation sites is 1. The van der Waals surface area contributed by atoms with Gasteiger partial charge in [0.15, 0.2) is 0 Å². The maximum atomic E-state index is 8.49. The summed E-state index contributed by atoms with van der Waals surface area (Å²) in [6, 6.07) is 17.5. The number of benzene rings is 2. The molecule has 0 fully saturated rings. The predicted molar refractivity (Wildman–Crippen MR) is 137 cm³/mol. The lowest BCUT2D eigenvalue weighted by Gasteiger charge is -2.30. The second kappa shape index (κ2) is 11.7. The van der Waals surface area contributed by atoms with Gasteiger partial charge in [-0.2, -0.15) is 4.57 Å². The van der Waals surface area contributed by atoms with Crippen LogP contribution in [-0.2, 0) is 6.54 Å². The number of aryl methyl sites for hydroxylation is 1. The predicted octanol–water partition coefficient (Wildman–Crippen LogP) is 2.36. The fourth-order valence-corrected chi connectivity index (χ4v) is 5.64. The molecule has 1 aromatic heterocycles. The Balaban J connectivity index is 0.000000658. The lowest BCUT2D eigenvalue weighted by atomic mass is 9.75. The van der Waals surface area contributed by atoms with Crippen molar-refractivity contribution in [3.8, 4) is 0 Å². The average Bonchev–Trinajstić information content (AvgIpc) is 3.12. The Morgan fingerprint density at radius 2 is 1.61 bits per heavy atom. The Labute approximate surface area is 219 Å². The number of hydrogen-bond donors (Lipinski definition) is 0. The van der Waals surface area contributed by atoms with Crippen LogP contribution >= 0.6 is 11.3 Å². The maximum Gasteiger partial charge on any atom is 0.263 e. The van der Waals surface area contributed by atoms with Crippen LogP contribution in [0.5, 0.6) is 0 Å². The lowest BCUT2D eigenvalue weighted by Crippen LogP contribution is -2.68. The van der Waals surface area contributed by atoms with Gasteiger partial charge in [-0.15, -0.1) is 10.2 Å². The summed E-state index contributed by atoms with van der Waals surface area (Å²) in [6.07, 6.45) is 11.6. The topological polar surface area (TPSA) is 99.4 Å². The zero-order valence-corrected chi connectivity index (χ0v) is 22.9. The van der Waals surface area contributed by atoms with E-state index in [4.69, 9.17) is 18.6 Å². The maximum absolute atomic E-state index is 8.49. The molecule has 6 nitrogen and oxygen atoms in total. The Morgan fingerprint density at radius 3 is 2.22 bits per heavy atom. The highest BCUT2D eigenvalue weighted by molar-refractivity contribution is 7.18. The average molecular weight is 529 g/mol. The molecule has 0 saturated heterocycles. The zero-order chi connectivity index (χ0) is 26.5. The van der Waals surface area contributed by atoms with E-state index in [1.54, 1.807) is 0 Å². The molecule has 1 heterocycles. The quantitative estimate of drug-likeness (QED) is 0.473. The molecule has 1 aliphatic carbocycles. The number of halogens is 1. The Morgan fingerprint density at radius 1 is 0.972 bits per heavy atom. The first-order valence-corrected chi connectivity index (χ1v) is 13.8. The summed E-state index contributed by atoms with van der Waals surface area (Å²) in [6.45, 7) is 7.99. The molecule has 0 aliphatic heterocycles. The molecule has 0 amide bonds. The fraction of sp³-hybridized carbons (Fsp3) is 0.321. The fourth-order valence-electron chi connectivity index (χ4n) is 4.44. The van der Waals surface area contributed by atoms with Crippen LogP contribution in [0.2, 0.25) is 0 Å². The molecule has 36 heavy (non-hydrogen) atoms. The van der Waals surface area contributed by atoms with Gasteiger partial charge >= 0.3 is 0 Å². The molecule has 0 atom stereocenters. The molecule has 0 saturated carbocycles. The lowest BCUT2D eigenvalue weighted by molar-refractivity contribution is -2.00. The van der Waals surface area contributed by atoms with E-state index in [9.17, 15) is 0 Å². The van der Waals surface area contributed by atoms with Crippen molar-refractivity contribution in [2.24, 2.45) is 5.41 Å². The number of hydrogen-bond acceptors (Lipinski definition) is 6. The molecule has 0 radical (unpaired) electrons. The minimum Gasteiger partial charge on any atom is -0.378 e. The largest absolute Gasteiger partial charge is 0.378 e. The molecule has 0 N–H and O–H groups in total. The van der Waals surface area contributed by atoms with Gasteiger partial charge in [0.25, 0.3) is 5.01 Å². The van der Waals surface area contributed by atoms with E-state index < -0.39 is 10.2 Å². The Bertz CT molecular complexity index is 1260. The molecular formula is C28H33ClN2O4S. The van der Waals surface area contributed by atoms with Crippen molar-refractivity contribution >= 4 is 39.4 Å². The smallest absolute Gasteiger partial charge is 0.263 e. The van der Waals surface area contributed by atoms with Gasteiger partial charge in [-0.3, -0.25) is 0 Å². The summed E-state index contributed by atoms with van der Waals surface area (Å²) in [5.74, 6) is 0. The summed E-state index contributed by atoms with van der Waals surface area (Å²) >= 11 is 1.89. The highest BCUT2D eigenvalue weighted by Crippen LogP contribution is 2.39. The van der Waals surface area contributed by atoms with E-state index in [1.165, 1.54) is 37.6 Å². The first-order valence-electron chi connectivity index (χ1n) is 11.7. The van der Waals surface area contributed by atoms with Crippen molar-refractivity contribution in [2.45, 2.75) is 40.2 Å². The minimum atomic E-state index is -4.94. The third kappa shape index (κ3) is 8.27. The molecule has 2 aromatic carbocycles. The SMILES string of the molecule is CC[n+]1c(/C=C2C=C(/C=C/c3ccc(N(C)C)cc3)CC(C)(C)C/2)sc2ccccc21.[O-][Cl+3]([O-])([O-])[O-]. The van der Waals surface area contributed by atoms with E-state index in [0.717, 1.165) is 19.4 Å². The molecule has 3 aromatic rings. The van der Waals surface area contributed by atoms with E-state index >= 15 is 0 Å². The van der Waals surface area contributed by atoms with Crippen molar-refractivity contribution in [3.63, 3.8) is 0 Å². The molecule has 0 bridgehead atoms. The van der Waals surface area contributed by atoms with Crippen LogP contribution in [0.4, 0.5) is 5.69 Å². The molecule has 0 unspecified atom stereocenters. The van der Waals surface area contributed by atoms with Gasteiger partial charge in [-0.05, 0) is 60.1 Å². The second-order valence-electron chi connectivity index (χ2n) is 9.81. The van der Waals surface area contributed by atoms with Gasteiger partial charge in [-0.25, -0.2) is 18.6 Å². The number of allylic oxidation sites excluding steroid dienone is 4. The standard InChI is InChI=1S/C28H33N2S.ClHO4/c1-6-30-25-9-7-8-10-26(25)31-27(30)18-23-17-22(19-28(2,3)20-23)12-11-21-13-15-24(16-14-21)29(4)5;2-1(3,4)5/h7-18H,6,19-20H2,1-5H3;(H,2,3,4,5)/q+1;/p-1. The summed E-state index contributed by atoms with van der Waals surface area (Å²) in [4.78, 5) is 2.13. The number of rotatable bonds is 5. The van der Waals surface area contributed by atoms with Crippen LogP contribution in [0.3, 0.4) is 0 Å². The van der Waals surface area contributed by atoms with Gasteiger partial charge in [0, 0.05) is 31.9 Å². The number of thiazole rings is 1.